The third-order valence-electron chi connectivity index (χ3n) is 2.76. The number of ether oxygens (including phenoxy) is 2. The average molecular weight is 269 g/mol. The third-order valence-corrected chi connectivity index (χ3v) is 2.76. The molecular formula is C15H24FNO2. The summed E-state index contributed by atoms with van der Waals surface area (Å²) in [5.41, 5.74) is 6.31. The molecule has 0 aliphatic carbocycles. The molecule has 3 nitrogen and oxygen atoms in total. The van der Waals surface area contributed by atoms with Crippen LogP contribution in [0.25, 0.3) is 0 Å². The van der Waals surface area contributed by atoms with Gasteiger partial charge in [0.25, 0.3) is 0 Å². The number of hydrogen-bond acceptors (Lipinski definition) is 3. The summed E-state index contributed by atoms with van der Waals surface area (Å²) in [6.45, 7) is 6.58. The number of nitrogens with two attached hydrogens (primary N) is 1. The molecule has 1 aromatic carbocycles. The molecule has 0 saturated heterocycles. The van der Waals surface area contributed by atoms with Gasteiger partial charge in [0.15, 0.2) is 0 Å². The zero-order chi connectivity index (χ0) is 14.1. The molecule has 0 saturated carbocycles. The Kier molecular flexibility index (Phi) is 7.45. The molecule has 0 bridgehead atoms. The summed E-state index contributed by atoms with van der Waals surface area (Å²) < 4.78 is 24.2. The second kappa shape index (κ2) is 8.88. The Morgan fingerprint density at radius 1 is 1.21 bits per heavy atom. The highest BCUT2D eigenvalue weighted by molar-refractivity contribution is 5.34. The first-order chi connectivity index (χ1) is 9.13. The van der Waals surface area contributed by atoms with Gasteiger partial charge in [-0.15, -0.1) is 0 Å². The van der Waals surface area contributed by atoms with E-state index in [1.165, 1.54) is 12.1 Å². The monoisotopic (exact) mass is 269 g/mol. The molecule has 0 fully saturated rings. The molecule has 4 heteroatoms. The van der Waals surface area contributed by atoms with E-state index in [4.69, 9.17) is 15.2 Å². The van der Waals surface area contributed by atoms with Crippen LogP contribution in [0.4, 0.5) is 4.39 Å². The smallest absolute Gasteiger partial charge is 0.123 e. The molecule has 0 heterocycles. The highest BCUT2D eigenvalue weighted by atomic mass is 19.1. The van der Waals surface area contributed by atoms with Gasteiger partial charge in [-0.05, 0) is 49.1 Å². The van der Waals surface area contributed by atoms with Crippen LogP contribution < -0.4 is 10.5 Å². The second-order valence-corrected chi connectivity index (χ2v) is 4.93. The van der Waals surface area contributed by atoms with Crippen molar-refractivity contribution >= 4 is 0 Å². The van der Waals surface area contributed by atoms with E-state index in [2.05, 4.69) is 13.8 Å². The summed E-state index contributed by atoms with van der Waals surface area (Å²) in [6, 6.07) is 4.52. The summed E-state index contributed by atoms with van der Waals surface area (Å²) in [6.07, 6.45) is 1.66. The molecule has 0 aromatic heterocycles. The Hall–Kier alpha value is -1.13. The van der Waals surface area contributed by atoms with Crippen LogP contribution in [0.5, 0.6) is 5.75 Å². The molecule has 0 spiro atoms. The van der Waals surface area contributed by atoms with Crippen molar-refractivity contribution in [3.05, 3.63) is 29.6 Å². The fraction of sp³-hybridized carbons (Fsp3) is 0.600. The summed E-state index contributed by atoms with van der Waals surface area (Å²) in [5.74, 6) is 1.08. The first kappa shape index (κ1) is 15.9. The molecule has 2 N–H and O–H groups in total. The molecule has 108 valence electrons. The van der Waals surface area contributed by atoms with E-state index in [1.807, 2.05) is 0 Å². The van der Waals surface area contributed by atoms with Crippen LogP contribution in [0, 0.1) is 11.7 Å². The van der Waals surface area contributed by atoms with E-state index in [-0.39, 0.29) is 5.82 Å². The van der Waals surface area contributed by atoms with Crippen LogP contribution in [0.1, 0.15) is 25.8 Å². The molecule has 0 radical (unpaired) electrons. The Morgan fingerprint density at radius 2 is 2.00 bits per heavy atom. The van der Waals surface area contributed by atoms with Gasteiger partial charge in [0.1, 0.15) is 18.2 Å². The molecule has 0 atom stereocenters. The molecule has 1 aromatic rings. The zero-order valence-corrected chi connectivity index (χ0v) is 11.8. The molecule has 0 aliphatic rings. The van der Waals surface area contributed by atoms with E-state index in [0.717, 1.165) is 18.6 Å². The molecule has 1 rings (SSSR count). The number of hydrogen-bond donors (Lipinski definition) is 1. The van der Waals surface area contributed by atoms with E-state index < -0.39 is 0 Å². The van der Waals surface area contributed by atoms with Crippen molar-refractivity contribution in [2.24, 2.45) is 11.7 Å². The van der Waals surface area contributed by atoms with Crippen LogP contribution in [-0.4, -0.2) is 26.4 Å². The van der Waals surface area contributed by atoms with Crippen LogP contribution in [0.15, 0.2) is 18.2 Å². The number of rotatable bonds is 9. The first-order valence-corrected chi connectivity index (χ1v) is 6.82. The lowest BCUT2D eigenvalue weighted by atomic mass is 10.1. The van der Waals surface area contributed by atoms with E-state index >= 15 is 0 Å². The van der Waals surface area contributed by atoms with Gasteiger partial charge in [0, 0.05) is 6.61 Å². The normalized spacial score (nSPS) is 11.0. The summed E-state index contributed by atoms with van der Waals surface area (Å²) in [7, 11) is 0. The molecule has 19 heavy (non-hydrogen) atoms. The Balaban J connectivity index is 2.32. The van der Waals surface area contributed by atoms with E-state index in [1.54, 1.807) is 6.07 Å². The van der Waals surface area contributed by atoms with Crippen molar-refractivity contribution in [3.63, 3.8) is 0 Å². The van der Waals surface area contributed by atoms with Crippen molar-refractivity contribution in [1.29, 1.82) is 0 Å². The van der Waals surface area contributed by atoms with Crippen molar-refractivity contribution < 1.29 is 13.9 Å². The summed E-state index contributed by atoms with van der Waals surface area (Å²) in [5, 5.41) is 0. The van der Waals surface area contributed by atoms with Crippen LogP contribution >= 0.6 is 0 Å². The molecule has 0 aliphatic heterocycles. The van der Waals surface area contributed by atoms with Gasteiger partial charge in [-0.3, -0.25) is 0 Å². The lowest BCUT2D eigenvalue weighted by molar-refractivity contribution is 0.0922. The average Bonchev–Trinajstić information content (AvgIpc) is 2.36. The van der Waals surface area contributed by atoms with Gasteiger partial charge in [0.05, 0.1) is 6.61 Å². The minimum absolute atomic E-state index is 0.260. The summed E-state index contributed by atoms with van der Waals surface area (Å²) >= 11 is 0. The van der Waals surface area contributed by atoms with Crippen LogP contribution in [-0.2, 0) is 11.2 Å². The molecule has 0 unspecified atom stereocenters. The van der Waals surface area contributed by atoms with Gasteiger partial charge in [0.2, 0.25) is 0 Å². The molecular weight excluding hydrogens is 245 g/mol. The predicted molar refractivity (Wildman–Crippen MR) is 74.9 cm³/mol. The van der Waals surface area contributed by atoms with Gasteiger partial charge in [-0.1, -0.05) is 13.8 Å². The van der Waals surface area contributed by atoms with Gasteiger partial charge >= 0.3 is 0 Å². The topological polar surface area (TPSA) is 44.5 Å². The first-order valence-electron chi connectivity index (χ1n) is 6.82. The fourth-order valence-electron chi connectivity index (χ4n) is 1.67. The van der Waals surface area contributed by atoms with Crippen molar-refractivity contribution in [2.45, 2.75) is 26.7 Å². The molecule has 0 amide bonds. The third kappa shape index (κ3) is 6.55. The van der Waals surface area contributed by atoms with Crippen molar-refractivity contribution in [2.75, 3.05) is 26.4 Å². The number of benzene rings is 1. The van der Waals surface area contributed by atoms with E-state index in [0.29, 0.717) is 37.8 Å². The maximum atomic E-state index is 13.1. The second-order valence-electron chi connectivity index (χ2n) is 4.93. The number of halogens is 1. The Labute approximate surface area is 114 Å². The SMILES string of the molecule is CC(C)CCOCCOc1ccc(F)cc1CCN. The Bertz CT molecular complexity index is 369. The minimum Gasteiger partial charge on any atom is -0.491 e. The quantitative estimate of drug-likeness (QED) is 0.701. The highest BCUT2D eigenvalue weighted by Gasteiger charge is 2.05. The van der Waals surface area contributed by atoms with Gasteiger partial charge in [-0.2, -0.15) is 0 Å². The van der Waals surface area contributed by atoms with Crippen LogP contribution in [0.2, 0.25) is 0 Å². The maximum absolute atomic E-state index is 13.1. The van der Waals surface area contributed by atoms with Crippen molar-refractivity contribution in [1.82, 2.24) is 0 Å². The standard InChI is InChI=1S/C15H24FNO2/c1-12(2)6-8-18-9-10-19-15-4-3-14(16)11-13(15)5-7-17/h3-4,11-12H,5-10,17H2,1-2H3. The minimum atomic E-state index is -0.260. The van der Waals surface area contributed by atoms with Gasteiger partial charge in [-0.25, -0.2) is 4.39 Å². The predicted octanol–water partition coefficient (Wildman–Crippen LogP) is 2.77. The Morgan fingerprint density at radius 3 is 2.68 bits per heavy atom. The van der Waals surface area contributed by atoms with Crippen molar-refractivity contribution in [3.8, 4) is 5.75 Å². The summed E-state index contributed by atoms with van der Waals surface area (Å²) in [4.78, 5) is 0. The lowest BCUT2D eigenvalue weighted by Crippen LogP contribution is -2.11. The highest BCUT2D eigenvalue weighted by Crippen LogP contribution is 2.20. The lowest BCUT2D eigenvalue weighted by Gasteiger charge is -2.12. The zero-order valence-electron chi connectivity index (χ0n) is 11.8. The fourth-order valence-corrected chi connectivity index (χ4v) is 1.67. The van der Waals surface area contributed by atoms with E-state index in [9.17, 15) is 4.39 Å². The van der Waals surface area contributed by atoms with Crippen LogP contribution in [0.3, 0.4) is 0 Å². The largest absolute Gasteiger partial charge is 0.491 e. The van der Waals surface area contributed by atoms with Gasteiger partial charge < -0.3 is 15.2 Å². The maximum Gasteiger partial charge on any atom is 0.123 e.